The number of aromatic nitrogens is 2. The standard InChI is InChI=1S/C16H13ClFN3O.ClH/c1-22-14-7-6-10(8-12(14)18)19-16-11-4-2-3-5-13(11)20-15(9-17)21-16;/h2-8H,9H2,1H3,(H,19,20,21);1H. The number of benzene rings is 2. The van der Waals surface area contributed by atoms with E-state index in [4.69, 9.17) is 16.3 Å². The molecule has 4 nitrogen and oxygen atoms in total. The smallest absolute Gasteiger partial charge is 0.167 e. The molecule has 0 spiro atoms. The zero-order valence-corrected chi connectivity index (χ0v) is 13.8. The van der Waals surface area contributed by atoms with Gasteiger partial charge in [0.15, 0.2) is 11.6 Å². The Hall–Kier alpha value is -2.11. The van der Waals surface area contributed by atoms with Crippen molar-refractivity contribution in [3.05, 3.63) is 54.1 Å². The molecule has 0 amide bonds. The lowest BCUT2D eigenvalue weighted by atomic mass is 10.2. The van der Waals surface area contributed by atoms with Crippen molar-refractivity contribution in [2.45, 2.75) is 5.88 Å². The van der Waals surface area contributed by atoms with E-state index in [2.05, 4.69) is 15.3 Å². The highest BCUT2D eigenvalue weighted by atomic mass is 35.5. The number of alkyl halides is 1. The SMILES string of the molecule is COc1ccc(Nc2nc(CCl)nc3ccccc23)cc1F.Cl. The Morgan fingerprint density at radius 3 is 2.65 bits per heavy atom. The van der Waals surface area contributed by atoms with Gasteiger partial charge in [-0.25, -0.2) is 14.4 Å². The Morgan fingerprint density at radius 1 is 1.17 bits per heavy atom. The first-order valence-electron chi connectivity index (χ1n) is 6.63. The molecule has 0 bridgehead atoms. The van der Waals surface area contributed by atoms with Crippen LogP contribution in [0.2, 0.25) is 0 Å². The Labute approximate surface area is 144 Å². The number of nitrogens with one attached hydrogen (secondary N) is 1. The number of hydrogen-bond donors (Lipinski definition) is 1. The summed E-state index contributed by atoms with van der Waals surface area (Å²) in [6.45, 7) is 0. The van der Waals surface area contributed by atoms with Crippen molar-refractivity contribution in [2.75, 3.05) is 12.4 Å². The number of anilines is 2. The van der Waals surface area contributed by atoms with Crippen LogP contribution in [0.3, 0.4) is 0 Å². The summed E-state index contributed by atoms with van der Waals surface area (Å²) in [4.78, 5) is 8.74. The Bertz CT molecular complexity index is 830. The molecule has 3 rings (SSSR count). The summed E-state index contributed by atoms with van der Waals surface area (Å²) in [6.07, 6.45) is 0. The summed E-state index contributed by atoms with van der Waals surface area (Å²) >= 11 is 5.84. The summed E-state index contributed by atoms with van der Waals surface area (Å²) in [7, 11) is 1.43. The second-order valence-corrected chi connectivity index (χ2v) is 4.88. The van der Waals surface area contributed by atoms with Crippen molar-refractivity contribution in [2.24, 2.45) is 0 Å². The van der Waals surface area contributed by atoms with Crippen molar-refractivity contribution in [1.82, 2.24) is 9.97 Å². The van der Waals surface area contributed by atoms with Crippen LogP contribution in [-0.2, 0) is 5.88 Å². The number of fused-ring (bicyclic) bond motifs is 1. The molecule has 0 unspecified atom stereocenters. The number of halogens is 3. The van der Waals surface area contributed by atoms with E-state index in [-0.39, 0.29) is 24.0 Å². The quantitative estimate of drug-likeness (QED) is 0.691. The summed E-state index contributed by atoms with van der Waals surface area (Å²) in [5.41, 5.74) is 1.35. The molecule has 1 N–H and O–H groups in total. The topological polar surface area (TPSA) is 47.0 Å². The molecule has 0 saturated heterocycles. The molecule has 7 heteroatoms. The monoisotopic (exact) mass is 353 g/mol. The minimum atomic E-state index is -0.441. The van der Waals surface area contributed by atoms with Crippen LogP contribution >= 0.6 is 24.0 Å². The van der Waals surface area contributed by atoms with E-state index >= 15 is 0 Å². The van der Waals surface area contributed by atoms with Gasteiger partial charge >= 0.3 is 0 Å². The predicted octanol–water partition coefficient (Wildman–Crippen LogP) is 4.68. The molecule has 0 radical (unpaired) electrons. The zero-order chi connectivity index (χ0) is 15.5. The lowest BCUT2D eigenvalue weighted by molar-refractivity contribution is 0.386. The lowest BCUT2D eigenvalue weighted by Gasteiger charge is -2.11. The molecule has 2 aromatic carbocycles. The maximum atomic E-state index is 13.8. The minimum Gasteiger partial charge on any atom is -0.494 e. The van der Waals surface area contributed by atoms with E-state index in [0.717, 1.165) is 10.9 Å². The Kier molecular flexibility index (Phi) is 5.58. The molecule has 0 aliphatic rings. The molecular weight excluding hydrogens is 340 g/mol. The van der Waals surface area contributed by atoms with Gasteiger partial charge in [0.25, 0.3) is 0 Å². The Balaban J connectivity index is 0.00000192. The van der Waals surface area contributed by atoms with Gasteiger partial charge < -0.3 is 10.1 Å². The van der Waals surface area contributed by atoms with Gasteiger partial charge in [0.2, 0.25) is 0 Å². The molecule has 1 aromatic heterocycles. The fourth-order valence-electron chi connectivity index (χ4n) is 2.16. The normalized spacial score (nSPS) is 10.2. The van der Waals surface area contributed by atoms with E-state index in [1.165, 1.54) is 13.2 Å². The first-order valence-corrected chi connectivity index (χ1v) is 7.17. The maximum Gasteiger partial charge on any atom is 0.167 e. The highest BCUT2D eigenvalue weighted by molar-refractivity contribution is 6.16. The van der Waals surface area contributed by atoms with Gasteiger partial charge in [-0.2, -0.15) is 0 Å². The van der Waals surface area contributed by atoms with Gasteiger partial charge in [0, 0.05) is 17.1 Å². The number of hydrogen-bond acceptors (Lipinski definition) is 4. The highest BCUT2D eigenvalue weighted by Crippen LogP contribution is 2.27. The molecule has 1 heterocycles. The van der Waals surface area contributed by atoms with Crippen LogP contribution in [0, 0.1) is 5.82 Å². The number of methoxy groups -OCH3 is 1. The third-order valence-electron chi connectivity index (χ3n) is 3.18. The molecule has 0 aliphatic heterocycles. The van der Waals surface area contributed by atoms with E-state index in [1.54, 1.807) is 12.1 Å². The number of para-hydroxylation sites is 1. The lowest BCUT2D eigenvalue weighted by Crippen LogP contribution is -2.01. The molecule has 3 aromatic rings. The van der Waals surface area contributed by atoms with Crippen molar-refractivity contribution in [3.63, 3.8) is 0 Å². The number of nitrogens with zero attached hydrogens (tertiary/aromatic N) is 2. The average Bonchev–Trinajstić information content (AvgIpc) is 2.55. The van der Waals surface area contributed by atoms with Gasteiger partial charge in [0.1, 0.15) is 11.6 Å². The largest absolute Gasteiger partial charge is 0.494 e. The van der Waals surface area contributed by atoms with Crippen molar-refractivity contribution < 1.29 is 9.13 Å². The maximum absolute atomic E-state index is 13.8. The van der Waals surface area contributed by atoms with Crippen molar-refractivity contribution in [1.29, 1.82) is 0 Å². The van der Waals surface area contributed by atoms with E-state index in [9.17, 15) is 4.39 Å². The summed E-state index contributed by atoms with van der Waals surface area (Å²) in [5, 5.41) is 3.95. The zero-order valence-electron chi connectivity index (χ0n) is 12.2. The van der Waals surface area contributed by atoms with Crippen LogP contribution in [0.25, 0.3) is 10.9 Å². The summed E-state index contributed by atoms with van der Waals surface area (Å²) in [6, 6.07) is 12.2. The molecule has 0 saturated carbocycles. The molecular formula is C16H14Cl2FN3O. The van der Waals surface area contributed by atoms with Gasteiger partial charge in [-0.1, -0.05) is 12.1 Å². The van der Waals surface area contributed by atoms with E-state index in [1.807, 2.05) is 24.3 Å². The predicted molar refractivity (Wildman–Crippen MR) is 92.6 cm³/mol. The van der Waals surface area contributed by atoms with Crippen LogP contribution in [0.15, 0.2) is 42.5 Å². The summed E-state index contributed by atoms with van der Waals surface area (Å²) in [5.74, 6) is 1.06. The van der Waals surface area contributed by atoms with Gasteiger partial charge in [-0.3, -0.25) is 0 Å². The molecule has 0 aliphatic carbocycles. The van der Waals surface area contributed by atoms with Crippen LogP contribution in [0.5, 0.6) is 5.75 Å². The molecule has 23 heavy (non-hydrogen) atoms. The summed E-state index contributed by atoms with van der Waals surface area (Å²) < 4.78 is 18.7. The second-order valence-electron chi connectivity index (χ2n) is 4.61. The van der Waals surface area contributed by atoms with Crippen LogP contribution in [-0.4, -0.2) is 17.1 Å². The van der Waals surface area contributed by atoms with Crippen LogP contribution in [0.1, 0.15) is 5.82 Å². The third-order valence-corrected chi connectivity index (χ3v) is 3.42. The second kappa shape index (κ2) is 7.44. The van der Waals surface area contributed by atoms with Crippen LogP contribution < -0.4 is 10.1 Å². The molecule has 0 fully saturated rings. The molecule has 120 valence electrons. The van der Waals surface area contributed by atoms with E-state index in [0.29, 0.717) is 17.3 Å². The number of ether oxygens (including phenoxy) is 1. The van der Waals surface area contributed by atoms with Gasteiger partial charge in [-0.05, 0) is 24.3 Å². The van der Waals surface area contributed by atoms with Crippen molar-refractivity contribution in [3.8, 4) is 5.75 Å². The van der Waals surface area contributed by atoms with Crippen LogP contribution in [0.4, 0.5) is 15.9 Å². The average molecular weight is 354 g/mol. The van der Waals surface area contributed by atoms with Crippen molar-refractivity contribution >= 4 is 46.4 Å². The molecule has 0 atom stereocenters. The fourth-order valence-corrected chi connectivity index (χ4v) is 2.28. The van der Waals surface area contributed by atoms with Gasteiger partial charge in [0.05, 0.1) is 18.5 Å². The first kappa shape index (κ1) is 17.2. The fraction of sp³-hybridized carbons (Fsp3) is 0.125. The minimum absolute atomic E-state index is 0. The highest BCUT2D eigenvalue weighted by Gasteiger charge is 2.09. The van der Waals surface area contributed by atoms with E-state index < -0.39 is 5.82 Å². The first-order chi connectivity index (χ1) is 10.7. The Morgan fingerprint density at radius 2 is 1.96 bits per heavy atom. The number of rotatable bonds is 4. The third kappa shape index (κ3) is 3.63. The van der Waals surface area contributed by atoms with Gasteiger partial charge in [-0.15, -0.1) is 24.0 Å².